The van der Waals surface area contributed by atoms with Crippen LogP contribution < -0.4 is 4.90 Å². The van der Waals surface area contributed by atoms with Gasteiger partial charge >= 0.3 is 6.03 Å². The van der Waals surface area contributed by atoms with Crippen molar-refractivity contribution in [2.45, 2.75) is 32.4 Å². The van der Waals surface area contributed by atoms with Crippen molar-refractivity contribution < 1.29 is 9.59 Å². The van der Waals surface area contributed by atoms with Gasteiger partial charge in [0.25, 0.3) is 0 Å². The number of carbonyl (C=O) groups excluding carboxylic acids is 2. The molecule has 160 valence electrons. The Morgan fingerprint density at radius 2 is 1.90 bits per heavy atom. The van der Waals surface area contributed by atoms with Crippen molar-refractivity contribution in [3.8, 4) is 11.3 Å². The van der Waals surface area contributed by atoms with E-state index >= 15 is 0 Å². The normalized spacial score (nSPS) is 17.4. The van der Waals surface area contributed by atoms with Gasteiger partial charge in [0.1, 0.15) is 5.52 Å². The predicted molar refractivity (Wildman–Crippen MR) is 116 cm³/mol. The van der Waals surface area contributed by atoms with E-state index in [9.17, 15) is 9.59 Å². The van der Waals surface area contributed by atoms with Crippen LogP contribution >= 0.6 is 0 Å². The van der Waals surface area contributed by atoms with E-state index in [1.165, 1.54) is 0 Å². The van der Waals surface area contributed by atoms with E-state index in [1.807, 2.05) is 48.4 Å². The summed E-state index contributed by atoms with van der Waals surface area (Å²) in [5.74, 6) is 0.0818. The number of anilines is 1. The first kappa shape index (κ1) is 19.5. The van der Waals surface area contributed by atoms with Crippen LogP contribution in [0.2, 0.25) is 0 Å². The standard InChI is InChI=1S/C22H25N7O2/c1-14(30)28-8-6-17(7-9-28)29-21-16(12-26(2)22(29)31)10-23-19-5-4-18(25-20(19)21)15-11-24-27(3)13-15/h4-5,10-11,13,17H,6-9,12H2,1-3H3. The number of pyridine rings is 2. The first-order valence-electron chi connectivity index (χ1n) is 10.5. The molecule has 0 aromatic carbocycles. The maximum atomic E-state index is 13.3. The van der Waals surface area contributed by atoms with Crippen LogP contribution in [0.15, 0.2) is 30.7 Å². The van der Waals surface area contributed by atoms with Gasteiger partial charge in [-0.25, -0.2) is 9.78 Å². The molecule has 0 aliphatic carbocycles. The van der Waals surface area contributed by atoms with E-state index in [1.54, 1.807) is 22.7 Å². The highest BCUT2D eigenvalue weighted by Gasteiger charge is 2.37. The highest BCUT2D eigenvalue weighted by atomic mass is 16.2. The zero-order valence-electron chi connectivity index (χ0n) is 17.9. The molecule has 3 aromatic rings. The zero-order chi connectivity index (χ0) is 21.7. The number of piperidine rings is 1. The molecule has 31 heavy (non-hydrogen) atoms. The summed E-state index contributed by atoms with van der Waals surface area (Å²) in [6, 6.07) is 3.86. The fourth-order valence-corrected chi connectivity index (χ4v) is 4.57. The number of fused-ring (bicyclic) bond motifs is 3. The van der Waals surface area contributed by atoms with Gasteiger partial charge in [0.2, 0.25) is 5.91 Å². The van der Waals surface area contributed by atoms with Gasteiger partial charge in [-0.3, -0.25) is 19.4 Å². The third-order valence-corrected chi connectivity index (χ3v) is 6.22. The van der Waals surface area contributed by atoms with E-state index in [4.69, 9.17) is 4.98 Å². The van der Waals surface area contributed by atoms with E-state index in [2.05, 4.69) is 10.1 Å². The van der Waals surface area contributed by atoms with Gasteiger partial charge in [-0.15, -0.1) is 0 Å². The van der Waals surface area contributed by atoms with E-state index in [-0.39, 0.29) is 18.0 Å². The van der Waals surface area contributed by atoms with Gasteiger partial charge in [-0.05, 0) is 25.0 Å². The number of urea groups is 1. The van der Waals surface area contributed by atoms with Crippen LogP contribution in [-0.2, 0) is 18.4 Å². The number of rotatable bonds is 2. The van der Waals surface area contributed by atoms with Crippen molar-refractivity contribution in [3.05, 3.63) is 36.3 Å². The van der Waals surface area contributed by atoms with Gasteiger partial charge in [-0.1, -0.05) is 0 Å². The van der Waals surface area contributed by atoms with Gasteiger partial charge in [0.05, 0.1) is 29.6 Å². The second kappa shape index (κ2) is 7.33. The summed E-state index contributed by atoms with van der Waals surface area (Å²) in [7, 11) is 3.68. The van der Waals surface area contributed by atoms with E-state index < -0.39 is 0 Å². The van der Waals surface area contributed by atoms with Crippen LogP contribution in [0.4, 0.5) is 10.5 Å². The molecular formula is C22H25N7O2. The molecule has 9 nitrogen and oxygen atoms in total. The first-order chi connectivity index (χ1) is 14.9. The Morgan fingerprint density at radius 3 is 2.58 bits per heavy atom. The largest absolute Gasteiger partial charge is 0.343 e. The Morgan fingerprint density at radius 1 is 1.13 bits per heavy atom. The average Bonchev–Trinajstić information content (AvgIpc) is 3.20. The Bertz CT molecular complexity index is 1180. The fourth-order valence-electron chi connectivity index (χ4n) is 4.57. The second-order valence-electron chi connectivity index (χ2n) is 8.34. The first-order valence-corrected chi connectivity index (χ1v) is 10.5. The summed E-state index contributed by atoms with van der Waals surface area (Å²) in [6.07, 6.45) is 7.04. The Labute approximate surface area is 180 Å². The zero-order valence-corrected chi connectivity index (χ0v) is 17.9. The third-order valence-electron chi connectivity index (χ3n) is 6.22. The smallest absolute Gasteiger partial charge is 0.324 e. The molecule has 0 unspecified atom stereocenters. The molecule has 0 N–H and O–H groups in total. The SMILES string of the molecule is CC(=O)N1CCC(N2C(=O)N(C)Cc3cnc4ccc(-c5cnn(C)c5)nc4c32)CC1. The van der Waals surface area contributed by atoms with Crippen molar-refractivity contribution in [1.29, 1.82) is 0 Å². The highest BCUT2D eigenvalue weighted by Crippen LogP contribution is 2.37. The number of likely N-dealkylation sites (tertiary alicyclic amines) is 1. The second-order valence-corrected chi connectivity index (χ2v) is 8.34. The lowest BCUT2D eigenvalue weighted by atomic mass is 9.99. The number of aryl methyl sites for hydroxylation is 1. The number of hydrogen-bond donors (Lipinski definition) is 0. The van der Waals surface area contributed by atoms with Crippen LogP contribution in [0.25, 0.3) is 22.3 Å². The Balaban J connectivity index is 1.61. The third kappa shape index (κ3) is 3.30. The molecule has 3 amide bonds. The highest BCUT2D eigenvalue weighted by molar-refractivity contribution is 6.04. The number of nitrogens with zero attached hydrogens (tertiary/aromatic N) is 7. The topological polar surface area (TPSA) is 87.5 Å². The molecule has 1 fully saturated rings. The van der Waals surface area contributed by atoms with Gasteiger partial charge < -0.3 is 9.80 Å². The molecule has 9 heteroatoms. The van der Waals surface area contributed by atoms with Crippen LogP contribution in [0.5, 0.6) is 0 Å². The molecule has 1 saturated heterocycles. The van der Waals surface area contributed by atoms with Gasteiger partial charge in [0.15, 0.2) is 0 Å². The van der Waals surface area contributed by atoms with Crippen LogP contribution in [0.3, 0.4) is 0 Å². The van der Waals surface area contributed by atoms with Crippen molar-refractivity contribution in [2.24, 2.45) is 7.05 Å². The lowest BCUT2D eigenvalue weighted by molar-refractivity contribution is -0.129. The van der Waals surface area contributed by atoms with E-state index in [0.717, 1.165) is 46.4 Å². The summed E-state index contributed by atoms with van der Waals surface area (Å²) >= 11 is 0. The maximum Gasteiger partial charge on any atom is 0.324 e. The van der Waals surface area contributed by atoms with Crippen LogP contribution in [0.1, 0.15) is 25.3 Å². The lowest BCUT2D eigenvalue weighted by Gasteiger charge is -2.43. The molecule has 5 heterocycles. The molecule has 0 radical (unpaired) electrons. The summed E-state index contributed by atoms with van der Waals surface area (Å²) in [5, 5.41) is 4.25. The minimum absolute atomic E-state index is 0.0130. The van der Waals surface area contributed by atoms with Gasteiger partial charge in [-0.2, -0.15) is 5.10 Å². The van der Waals surface area contributed by atoms with Crippen molar-refractivity contribution in [2.75, 3.05) is 25.0 Å². The van der Waals surface area contributed by atoms with Crippen molar-refractivity contribution in [3.63, 3.8) is 0 Å². The maximum absolute atomic E-state index is 13.3. The number of amides is 3. The molecule has 3 aromatic heterocycles. The summed E-state index contributed by atoms with van der Waals surface area (Å²) in [5.41, 5.74) is 5.04. The Hall–Kier alpha value is -3.49. The Kier molecular flexibility index (Phi) is 4.60. The fraction of sp³-hybridized carbons (Fsp3) is 0.409. The molecule has 5 rings (SSSR count). The van der Waals surface area contributed by atoms with Crippen molar-refractivity contribution in [1.82, 2.24) is 29.5 Å². The minimum atomic E-state index is -0.0325. The molecule has 0 spiro atoms. The molecule has 0 atom stereocenters. The quantitative estimate of drug-likeness (QED) is 0.637. The number of carbonyl (C=O) groups is 2. The molecule has 2 aliphatic heterocycles. The summed E-state index contributed by atoms with van der Waals surface area (Å²) in [4.78, 5) is 40.1. The average molecular weight is 419 g/mol. The molecule has 0 saturated carbocycles. The molecular weight excluding hydrogens is 394 g/mol. The predicted octanol–water partition coefficient (Wildman–Crippen LogP) is 2.41. The lowest BCUT2D eigenvalue weighted by Crippen LogP contribution is -2.54. The number of hydrogen-bond acceptors (Lipinski definition) is 5. The number of aromatic nitrogens is 4. The van der Waals surface area contributed by atoms with Crippen LogP contribution in [0, 0.1) is 0 Å². The molecule has 0 bridgehead atoms. The minimum Gasteiger partial charge on any atom is -0.343 e. The summed E-state index contributed by atoms with van der Waals surface area (Å²) in [6.45, 7) is 3.40. The van der Waals surface area contributed by atoms with Gasteiger partial charge in [0, 0.05) is 63.7 Å². The monoisotopic (exact) mass is 419 g/mol. The van der Waals surface area contributed by atoms with E-state index in [0.29, 0.717) is 19.6 Å². The van der Waals surface area contributed by atoms with Crippen molar-refractivity contribution >= 4 is 28.7 Å². The summed E-state index contributed by atoms with van der Waals surface area (Å²) < 4.78 is 1.74. The van der Waals surface area contributed by atoms with Crippen LogP contribution in [-0.4, -0.2) is 67.7 Å². The molecule has 2 aliphatic rings.